The van der Waals surface area contributed by atoms with Gasteiger partial charge in [0.1, 0.15) is 5.82 Å². The molecule has 1 aliphatic heterocycles. The van der Waals surface area contributed by atoms with Crippen LogP contribution >= 0.6 is 0 Å². The minimum atomic E-state index is -0.385. The first kappa shape index (κ1) is 18.0. The van der Waals surface area contributed by atoms with E-state index in [0.29, 0.717) is 23.4 Å². The zero-order valence-corrected chi connectivity index (χ0v) is 16.0. The van der Waals surface area contributed by atoms with Crippen LogP contribution in [0.15, 0.2) is 30.3 Å². The molecular formula is C21H21N3O4. The molecule has 2 aromatic heterocycles. The fourth-order valence-corrected chi connectivity index (χ4v) is 3.70. The number of methoxy groups -OCH3 is 2. The van der Waals surface area contributed by atoms with Crippen LogP contribution < -0.4 is 4.90 Å². The highest BCUT2D eigenvalue weighted by atomic mass is 16.5. The number of carbonyl (C=O) groups is 2. The average Bonchev–Trinajstić information content (AvgIpc) is 3.09. The molecule has 0 spiro atoms. The molecule has 1 aliphatic rings. The predicted molar refractivity (Wildman–Crippen MR) is 105 cm³/mol. The van der Waals surface area contributed by atoms with Crippen molar-refractivity contribution in [2.45, 2.75) is 19.9 Å². The van der Waals surface area contributed by atoms with E-state index >= 15 is 0 Å². The number of aryl methyl sites for hydroxylation is 1. The summed E-state index contributed by atoms with van der Waals surface area (Å²) in [5, 5.41) is 1.02. The van der Waals surface area contributed by atoms with E-state index in [1.807, 2.05) is 18.2 Å². The molecule has 0 saturated carbocycles. The van der Waals surface area contributed by atoms with Crippen molar-refractivity contribution in [3.63, 3.8) is 0 Å². The Balaban J connectivity index is 1.68. The Bertz CT molecular complexity index is 1090. The summed E-state index contributed by atoms with van der Waals surface area (Å²) in [6, 6.07) is 9.16. The minimum Gasteiger partial charge on any atom is -0.465 e. The van der Waals surface area contributed by atoms with Gasteiger partial charge in [-0.2, -0.15) is 0 Å². The van der Waals surface area contributed by atoms with Gasteiger partial charge in [-0.25, -0.2) is 14.6 Å². The van der Waals surface area contributed by atoms with Gasteiger partial charge in [-0.1, -0.05) is 0 Å². The molecule has 1 aromatic carbocycles. The Kier molecular flexibility index (Phi) is 4.50. The van der Waals surface area contributed by atoms with Crippen LogP contribution in [0.2, 0.25) is 0 Å². The molecular weight excluding hydrogens is 358 g/mol. The van der Waals surface area contributed by atoms with Gasteiger partial charge in [-0.3, -0.25) is 0 Å². The lowest BCUT2D eigenvalue weighted by Crippen LogP contribution is -2.31. The molecule has 1 N–H and O–H groups in total. The van der Waals surface area contributed by atoms with Gasteiger partial charge in [0.2, 0.25) is 0 Å². The Morgan fingerprint density at radius 1 is 1.11 bits per heavy atom. The number of nitrogens with zero attached hydrogens (tertiary/aromatic N) is 2. The number of nitrogens with one attached hydrogen (secondary N) is 1. The van der Waals surface area contributed by atoms with Crippen LogP contribution in [-0.2, 0) is 22.4 Å². The molecule has 144 valence electrons. The van der Waals surface area contributed by atoms with E-state index in [1.165, 1.54) is 19.9 Å². The molecule has 3 heterocycles. The van der Waals surface area contributed by atoms with Crippen molar-refractivity contribution < 1.29 is 19.1 Å². The van der Waals surface area contributed by atoms with Crippen molar-refractivity contribution in [1.29, 1.82) is 0 Å². The van der Waals surface area contributed by atoms with Crippen LogP contribution in [0.4, 0.5) is 5.82 Å². The lowest BCUT2D eigenvalue weighted by Gasteiger charge is -2.28. The number of carbonyl (C=O) groups excluding carboxylic acids is 2. The third-order valence-electron chi connectivity index (χ3n) is 5.20. The first-order valence-corrected chi connectivity index (χ1v) is 9.04. The lowest BCUT2D eigenvalue weighted by atomic mass is 10.0. The molecule has 0 atom stereocenters. The Morgan fingerprint density at radius 3 is 2.61 bits per heavy atom. The molecule has 0 aliphatic carbocycles. The van der Waals surface area contributed by atoms with Crippen molar-refractivity contribution in [1.82, 2.24) is 9.97 Å². The van der Waals surface area contributed by atoms with Crippen LogP contribution in [0.3, 0.4) is 0 Å². The van der Waals surface area contributed by atoms with Gasteiger partial charge in [0.25, 0.3) is 0 Å². The number of H-pyrrole nitrogens is 1. The number of fused-ring (bicyclic) bond motifs is 3. The van der Waals surface area contributed by atoms with Crippen molar-refractivity contribution in [2.24, 2.45) is 0 Å². The fraction of sp³-hybridized carbons (Fsp3) is 0.286. The number of anilines is 1. The van der Waals surface area contributed by atoms with Gasteiger partial charge in [0, 0.05) is 41.7 Å². The van der Waals surface area contributed by atoms with E-state index in [-0.39, 0.29) is 11.9 Å². The molecule has 0 bridgehead atoms. The molecule has 0 saturated heterocycles. The number of ether oxygens (including phenoxy) is 2. The second-order valence-electron chi connectivity index (χ2n) is 6.80. The maximum atomic E-state index is 11.9. The van der Waals surface area contributed by atoms with Crippen molar-refractivity contribution in [3.8, 4) is 0 Å². The standard InChI is InChI=1S/C21H21N3O4/c1-12-14(21(26)28-3)5-7-19(22-12)24-9-8-18-16(11-24)15-10-13(20(25)27-2)4-6-17(15)23-18/h4-7,10,23H,8-9,11H2,1-3H3. The van der Waals surface area contributed by atoms with Gasteiger partial charge in [0.15, 0.2) is 0 Å². The molecule has 0 amide bonds. The SMILES string of the molecule is COC(=O)c1ccc2[nH]c3c(c2c1)CN(c1ccc(C(=O)OC)c(C)n1)CC3. The highest BCUT2D eigenvalue weighted by molar-refractivity contribution is 5.96. The van der Waals surface area contributed by atoms with E-state index in [1.54, 1.807) is 19.1 Å². The average molecular weight is 379 g/mol. The number of hydrogen-bond acceptors (Lipinski definition) is 6. The highest BCUT2D eigenvalue weighted by Crippen LogP contribution is 2.31. The quantitative estimate of drug-likeness (QED) is 0.704. The summed E-state index contributed by atoms with van der Waals surface area (Å²) in [6.07, 6.45) is 0.844. The smallest absolute Gasteiger partial charge is 0.339 e. The number of aromatic nitrogens is 2. The fourth-order valence-electron chi connectivity index (χ4n) is 3.70. The lowest BCUT2D eigenvalue weighted by molar-refractivity contribution is 0.0591. The molecule has 0 radical (unpaired) electrons. The number of benzene rings is 1. The van der Waals surface area contributed by atoms with E-state index in [0.717, 1.165) is 35.2 Å². The third-order valence-corrected chi connectivity index (χ3v) is 5.20. The van der Waals surface area contributed by atoms with Gasteiger partial charge in [-0.05, 0) is 37.3 Å². The second kappa shape index (κ2) is 6.99. The van der Waals surface area contributed by atoms with Crippen LogP contribution in [0.5, 0.6) is 0 Å². The summed E-state index contributed by atoms with van der Waals surface area (Å²) >= 11 is 0. The first-order valence-electron chi connectivity index (χ1n) is 9.04. The summed E-state index contributed by atoms with van der Waals surface area (Å²) < 4.78 is 9.63. The zero-order chi connectivity index (χ0) is 19.8. The van der Waals surface area contributed by atoms with E-state index in [9.17, 15) is 9.59 Å². The van der Waals surface area contributed by atoms with Crippen molar-refractivity contribution in [2.75, 3.05) is 25.7 Å². The van der Waals surface area contributed by atoms with Crippen LogP contribution in [0.1, 0.15) is 37.7 Å². The van der Waals surface area contributed by atoms with Crippen LogP contribution in [-0.4, -0.2) is 42.7 Å². The molecule has 0 fully saturated rings. The number of esters is 2. The van der Waals surface area contributed by atoms with Gasteiger partial charge in [0.05, 0.1) is 31.0 Å². The summed E-state index contributed by atoms with van der Waals surface area (Å²) in [6.45, 7) is 3.29. The van der Waals surface area contributed by atoms with Crippen LogP contribution in [0, 0.1) is 6.92 Å². The molecule has 28 heavy (non-hydrogen) atoms. The maximum Gasteiger partial charge on any atom is 0.339 e. The molecule has 7 nitrogen and oxygen atoms in total. The topological polar surface area (TPSA) is 84.5 Å². The Morgan fingerprint density at radius 2 is 1.89 bits per heavy atom. The predicted octanol–water partition coefficient (Wildman–Crippen LogP) is 3.01. The van der Waals surface area contributed by atoms with Gasteiger partial charge >= 0.3 is 11.9 Å². The van der Waals surface area contributed by atoms with E-state index in [2.05, 4.69) is 14.9 Å². The second-order valence-corrected chi connectivity index (χ2v) is 6.80. The van der Waals surface area contributed by atoms with Crippen molar-refractivity contribution >= 4 is 28.7 Å². The Labute approximate surface area is 162 Å². The monoisotopic (exact) mass is 379 g/mol. The number of rotatable bonds is 3. The largest absolute Gasteiger partial charge is 0.465 e. The normalized spacial score (nSPS) is 13.3. The van der Waals surface area contributed by atoms with E-state index < -0.39 is 0 Å². The van der Waals surface area contributed by atoms with Crippen molar-refractivity contribution in [3.05, 3.63) is 58.4 Å². The van der Waals surface area contributed by atoms with Gasteiger partial charge < -0.3 is 19.4 Å². The first-order chi connectivity index (χ1) is 13.5. The van der Waals surface area contributed by atoms with Gasteiger partial charge in [-0.15, -0.1) is 0 Å². The third kappa shape index (κ3) is 2.98. The molecule has 0 unspecified atom stereocenters. The molecule has 3 aromatic rings. The minimum absolute atomic E-state index is 0.347. The van der Waals surface area contributed by atoms with Crippen LogP contribution in [0.25, 0.3) is 10.9 Å². The van der Waals surface area contributed by atoms with E-state index in [4.69, 9.17) is 9.47 Å². The molecule has 7 heteroatoms. The number of hydrogen-bond donors (Lipinski definition) is 1. The number of pyridine rings is 1. The molecule has 4 rings (SSSR count). The zero-order valence-electron chi connectivity index (χ0n) is 16.0. The highest BCUT2D eigenvalue weighted by Gasteiger charge is 2.23. The summed E-state index contributed by atoms with van der Waals surface area (Å²) in [5.41, 5.74) is 4.98. The Hall–Kier alpha value is -3.35. The number of aromatic amines is 1. The summed E-state index contributed by atoms with van der Waals surface area (Å²) in [4.78, 5) is 33.9. The summed E-state index contributed by atoms with van der Waals surface area (Å²) in [5.74, 6) is 0.0823. The summed E-state index contributed by atoms with van der Waals surface area (Å²) in [7, 11) is 2.74. The maximum absolute atomic E-state index is 11.9.